The van der Waals surface area contributed by atoms with Crippen molar-refractivity contribution in [1.82, 2.24) is 4.90 Å². The molecule has 0 saturated heterocycles. The minimum Gasteiger partial charge on any atom is -0.312 e. The van der Waals surface area contributed by atoms with Gasteiger partial charge < -0.3 is 4.57 Å². The van der Waals surface area contributed by atoms with E-state index in [9.17, 15) is 4.57 Å². The molecule has 0 atom stereocenters. The average Bonchev–Trinajstić information content (AvgIpc) is 2.79. The van der Waals surface area contributed by atoms with Crippen LogP contribution in [-0.2, 0) is 4.57 Å². The number of hydrogen-bond donors (Lipinski definition) is 0. The zero-order valence-corrected chi connectivity index (χ0v) is 19.7. The minimum absolute atomic E-state index is 0.603. The van der Waals surface area contributed by atoms with Gasteiger partial charge in [0, 0.05) is 22.7 Å². The molecule has 0 radical (unpaired) electrons. The average molecular weight is 424 g/mol. The lowest BCUT2D eigenvalue weighted by molar-refractivity contribution is 0.101. The monoisotopic (exact) mass is 423 g/mol. The fourth-order valence-corrected chi connectivity index (χ4v) is 8.28. The van der Waals surface area contributed by atoms with Crippen LogP contribution in [0.5, 0.6) is 0 Å². The Labute approximate surface area is 183 Å². The van der Waals surface area contributed by atoms with Crippen LogP contribution >= 0.6 is 7.14 Å². The van der Waals surface area contributed by atoms with Crippen molar-refractivity contribution in [2.75, 3.05) is 6.29 Å². The van der Waals surface area contributed by atoms with E-state index in [-0.39, 0.29) is 0 Å². The van der Waals surface area contributed by atoms with Gasteiger partial charge in [-0.2, -0.15) is 0 Å². The van der Waals surface area contributed by atoms with E-state index in [1.54, 1.807) is 0 Å². The van der Waals surface area contributed by atoms with Gasteiger partial charge in [-0.25, -0.2) is 0 Å². The first-order chi connectivity index (χ1) is 14.6. The molecule has 2 nitrogen and oxygen atoms in total. The fourth-order valence-electron chi connectivity index (χ4n) is 5.47. The highest BCUT2D eigenvalue weighted by molar-refractivity contribution is 7.78. The first-order valence-electron chi connectivity index (χ1n) is 12.1. The molecule has 0 heterocycles. The van der Waals surface area contributed by atoms with Gasteiger partial charge in [-0.15, -0.1) is 0 Å². The predicted octanol–water partition coefficient (Wildman–Crippen LogP) is 6.54. The Balaban J connectivity index is 1.72. The Morgan fingerprint density at radius 2 is 1.03 bits per heavy atom. The van der Waals surface area contributed by atoms with Crippen LogP contribution < -0.4 is 10.6 Å². The summed E-state index contributed by atoms with van der Waals surface area (Å²) >= 11 is 0. The Kier molecular flexibility index (Phi) is 7.16. The van der Waals surface area contributed by atoms with E-state index >= 15 is 0 Å². The summed E-state index contributed by atoms with van der Waals surface area (Å²) in [5.74, 6) is 0. The summed E-state index contributed by atoms with van der Waals surface area (Å²) in [6.07, 6.45) is 13.8. The maximum atomic E-state index is 14.9. The topological polar surface area (TPSA) is 20.3 Å². The maximum absolute atomic E-state index is 14.9. The molecule has 0 amide bonds. The SMILES string of the molecule is Cc1ccc(P(=O)(CN(C2CCCCC2)C2CCCCC2)c2ccc(C)cc2)cc1. The number of hydrogen-bond acceptors (Lipinski definition) is 2. The zero-order valence-electron chi connectivity index (χ0n) is 18.9. The quantitative estimate of drug-likeness (QED) is 0.492. The van der Waals surface area contributed by atoms with Crippen LogP contribution in [0.15, 0.2) is 48.5 Å². The van der Waals surface area contributed by atoms with Crippen LogP contribution in [0.3, 0.4) is 0 Å². The normalized spacial score (nSPS) is 19.3. The van der Waals surface area contributed by atoms with Crippen molar-refractivity contribution < 1.29 is 4.57 Å². The zero-order chi connectivity index (χ0) is 21.0. The van der Waals surface area contributed by atoms with Crippen LogP contribution in [0.25, 0.3) is 0 Å². The van der Waals surface area contributed by atoms with Crippen LogP contribution in [-0.4, -0.2) is 23.3 Å². The molecule has 2 aromatic carbocycles. The van der Waals surface area contributed by atoms with Gasteiger partial charge in [0.05, 0.1) is 6.29 Å². The molecule has 0 aliphatic heterocycles. The van der Waals surface area contributed by atoms with E-state index in [1.165, 1.54) is 75.3 Å². The Morgan fingerprint density at radius 1 is 0.667 bits per heavy atom. The van der Waals surface area contributed by atoms with Crippen molar-refractivity contribution >= 4 is 17.8 Å². The molecule has 0 bridgehead atoms. The van der Waals surface area contributed by atoms with Gasteiger partial charge in [0.2, 0.25) is 0 Å². The molecule has 2 saturated carbocycles. The molecular formula is C27H38NOP. The molecule has 30 heavy (non-hydrogen) atoms. The summed E-state index contributed by atoms with van der Waals surface area (Å²) in [5.41, 5.74) is 2.45. The summed E-state index contributed by atoms with van der Waals surface area (Å²) in [6.45, 7) is 4.22. The van der Waals surface area contributed by atoms with Crippen molar-refractivity contribution in [3.05, 3.63) is 59.7 Å². The molecule has 0 unspecified atom stereocenters. The van der Waals surface area contributed by atoms with Crippen molar-refractivity contribution in [2.45, 2.75) is 90.1 Å². The number of rotatable bonds is 6. The summed E-state index contributed by atoms with van der Waals surface area (Å²) < 4.78 is 14.9. The minimum atomic E-state index is -2.73. The second-order valence-corrected chi connectivity index (χ2v) is 12.4. The first-order valence-corrected chi connectivity index (χ1v) is 13.9. The number of nitrogens with zero attached hydrogens (tertiary/aromatic N) is 1. The second-order valence-electron chi connectivity index (χ2n) is 9.65. The summed E-state index contributed by atoms with van der Waals surface area (Å²) in [4.78, 5) is 2.72. The van der Waals surface area contributed by atoms with Crippen molar-refractivity contribution in [1.29, 1.82) is 0 Å². The van der Waals surface area contributed by atoms with E-state index in [0.29, 0.717) is 18.4 Å². The molecule has 0 aromatic heterocycles. The van der Waals surface area contributed by atoms with Crippen LogP contribution in [0.1, 0.15) is 75.3 Å². The van der Waals surface area contributed by atoms with E-state index < -0.39 is 7.14 Å². The molecule has 4 rings (SSSR count). The Bertz CT molecular complexity index is 778. The molecular weight excluding hydrogens is 385 g/mol. The van der Waals surface area contributed by atoms with E-state index in [1.807, 2.05) is 0 Å². The third-order valence-electron chi connectivity index (χ3n) is 7.35. The van der Waals surface area contributed by atoms with Crippen molar-refractivity contribution in [3.8, 4) is 0 Å². The van der Waals surface area contributed by atoms with Gasteiger partial charge in [-0.3, -0.25) is 4.90 Å². The molecule has 2 aliphatic carbocycles. The van der Waals surface area contributed by atoms with Gasteiger partial charge in [-0.1, -0.05) is 98.2 Å². The molecule has 2 aliphatic rings. The van der Waals surface area contributed by atoms with Gasteiger partial charge >= 0.3 is 0 Å². The summed E-state index contributed by atoms with van der Waals surface area (Å²) in [7, 11) is -2.73. The third kappa shape index (κ3) is 4.92. The molecule has 3 heteroatoms. The predicted molar refractivity (Wildman–Crippen MR) is 130 cm³/mol. The van der Waals surface area contributed by atoms with Gasteiger partial charge in [0.1, 0.15) is 0 Å². The second kappa shape index (κ2) is 9.84. The van der Waals surface area contributed by atoms with Crippen LogP contribution in [0, 0.1) is 13.8 Å². The van der Waals surface area contributed by atoms with E-state index in [4.69, 9.17) is 0 Å². The molecule has 162 valence electrons. The number of benzene rings is 2. The van der Waals surface area contributed by atoms with Crippen molar-refractivity contribution in [3.63, 3.8) is 0 Å². The largest absolute Gasteiger partial charge is 0.312 e. The molecule has 0 N–H and O–H groups in total. The van der Waals surface area contributed by atoms with Gasteiger partial charge in [0.15, 0.2) is 7.14 Å². The smallest absolute Gasteiger partial charge is 0.156 e. The maximum Gasteiger partial charge on any atom is 0.156 e. The molecule has 2 fully saturated rings. The Hall–Kier alpha value is -1.37. The van der Waals surface area contributed by atoms with E-state index in [0.717, 1.165) is 10.6 Å². The highest BCUT2D eigenvalue weighted by Crippen LogP contribution is 2.47. The highest BCUT2D eigenvalue weighted by atomic mass is 31.2. The lowest BCUT2D eigenvalue weighted by atomic mass is 9.89. The van der Waals surface area contributed by atoms with Crippen LogP contribution in [0.2, 0.25) is 0 Å². The van der Waals surface area contributed by atoms with Crippen LogP contribution in [0.4, 0.5) is 0 Å². The first kappa shape index (κ1) is 21.8. The standard InChI is InChI=1S/C27H38NOP/c1-22-13-17-26(18-14-22)30(29,27-19-15-23(2)16-20-27)21-28(24-9-5-3-6-10-24)25-11-7-4-8-12-25/h13-20,24-25H,3-12,21H2,1-2H3. The molecule has 0 spiro atoms. The third-order valence-corrected chi connectivity index (χ3v) is 10.3. The van der Waals surface area contributed by atoms with Gasteiger partial charge in [-0.05, 0) is 39.5 Å². The Morgan fingerprint density at radius 3 is 1.40 bits per heavy atom. The number of aryl methyl sites for hydroxylation is 2. The van der Waals surface area contributed by atoms with E-state index in [2.05, 4.69) is 67.3 Å². The van der Waals surface area contributed by atoms with Gasteiger partial charge in [0.25, 0.3) is 0 Å². The highest BCUT2D eigenvalue weighted by Gasteiger charge is 2.36. The molecule has 2 aromatic rings. The lowest BCUT2D eigenvalue weighted by Gasteiger charge is -2.43. The van der Waals surface area contributed by atoms with Crippen molar-refractivity contribution in [2.24, 2.45) is 0 Å². The fraction of sp³-hybridized carbons (Fsp3) is 0.556. The lowest BCUT2D eigenvalue weighted by Crippen LogP contribution is -2.47. The summed E-state index contributed by atoms with van der Waals surface area (Å²) in [6, 6.07) is 18.2. The summed E-state index contributed by atoms with van der Waals surface area (Å²) in [5, 5.41) is 2.04.